The number of piperazine rings is 1. The lowest BCUT2D eigenvalue weighted by molar-refractivity contribution is -0.175. The summed E-state index contributed by atoms with van der Waals surface area (Å²) in [6.45, 7) is 1.35. The van der Waals surface area contributed by atoms with Crippen LogP contribution in [0.5, 0.6) is 0 Å². The molecule has 1 heterocycles. The van der Waals surface area contributed by atoms with Crippen LogP contribution in [0.25, 0.3) is 0 Å². The highest BCUT2D eigenvalue weighted by atomic mass is 16.7. The molecule has 0 aromatic carbocycles. The molecule has 16 heavy (non-hydrogen) atoms. The van der Waals surface area contributed by atoms with E-state index in [1.165, 1.54) is 14.2 Å². The fourth-order valence-electron chi connectivity index (χ4n) is 1.66. The average molecular weight is 231 g/mol. The van der Waals surface area contributed by atoms with E-state index >= 15 is 0 Å². The zero-order chi connectivity index (χ0) is 12.3. The van der Waals surface area contributed by atoms with Gasteiger partial charge in [-0.3, -0.25) is 14.5 Å². The van der Waals surface area contributed by atoms with Gasteiger partial charge in [-0.05, 0) is 7.05 Å². The summed E-state index contributed by atoms with van der Waals surface area (Å²) in [7, 11) is 4.69. The van der Waals surface area contributed by atoms with Gasteiger partial charge in [0.05, 0.1) is 7.11 Å². The minimum absolute atomic E-state index is 0.333. The maximum atomic E-state index is 11.9. The van der Waals surface area contributed by atoms with Gasteiger partial charge in [0.1, 0.15) is 6.04 Å². The van der Waals surface area contributed by atoms with Crippen molar-refractivity contribution in [1.82, 2.24) is 14.9 Å². The van der Waals surface area contributed by atoms with Gasteiger partial charge in [-0.2, -0.15) is 0 Å². The molecule has 1 rings (SSSR count). The van der Waals surface area contributed by atoms with E-state index in [2.05, 4.69) is 0 Å². The Balaban J connectivity index is 2.78. The van der Waals surface area contributed by atoms with Crippen molar-refractivity contribution in [2.24, 2.45) is 0 Å². The van der Waals surface area contributed by atoms with Crippen molar-refractivity contribution in [3.63, 3.8) is 0 Å². The number of rotatable bonds is 2. The number of amides is 2. The number of carbonyl (C=O) groups is 2. The Hall–Kier alpha value is -1.34. The molecule has 1 atom stereocenters. The molecule has 0 aromatic rings. The van der Waals surface area contributed by atoms with Gasteiger partial charge < -0.3 is 10.0 Å². The van der Waals surface area contributed by atoms with Gasteiger partial charge in [0.2, 0.25) is 0 Å². The third-order valence-corrected chi connectivity index (χ3v) is 2.70. The second-order valence-corrected chi connectivity index (χ2v) is 3.77. The number of hydrogen-bond acceptors (Lipinski definition) is 4. The molecule has 0 bridgehead atoms. The van der Waals surface area contributed by atoms with Crippen LogP contribution in [0.4, 0.5) is 4.79 Å². The fourth-order valence-corrected chi connectivity index (χ4v) is 1.66. The standard InChI is InChI=1S/C9H17N3O4/c1-10-4-5-12(9(14)15)7(6-10)8(13)11(2)16-3/h7H,4-6H2,1-3H3,(H,14,15). The van der Waals surface area contributed by atoms with Crippen molar-refractivity contribution in [3.8, 4) is 0 Å². The molecule has 1 aliphatic rings. The second kappa shape index (κ2) is 5.13. The summed E-state index contributed by atoms with van der Waals surface area (Å²) < 4.78 is 0. The van der Waals surface area contributed by atoms with E-state index in [4.69, 9.17) is 9.94 Å². The van der Waals surface area contributed by atoms with E-state index in [0.29, 0.717) is 19.6 Å². The number of nitrogens with zero attached hydrogens (tertiary/aromatic N) is 3. The zero-order valence-corrected chi connectivity index (χ0v) is 9.71. The van der Waals surface area contributed by atoms with E-state index in [-0.39, 0.29) is 5.91 Å². The van der Waals surface area contributed by atoms with E-state index < -0.39 is 12.1 Å². The van der Waals surface area contributed by atoms with Crippen molar-refractivity contribution < 1.29 is 19.5 Å². The molecule has 1 N–H and O–H groups in total. The highest BCUT2D eigenvalue weighted by Gasteiger charge is 2.35. The van der Waals surface area contributed by atoms with Gasteiger partial charge in [-0.25, -0.2) is 9.86 Å². The molecule has 1 fully saturated rings. The average Bonchev–Trinajstić information content (AvgIpc) is 2.26. The van der Waals surface area contributed by atoms with E-state index in [9.17, 15) is 9.59 Å². The Morgan fingerprint density at radius 2 is 2.06 bits per heavy atom. The van der Waals surface area contributed by atoms with Gasteiger partial charge in [0.25, 0.3) is 5.91 Å². The lowest BCUT2D eigenvalue weighted by Crippen LogP contribution is -2.59. The van der Waals surface area contributed by atoms with Crippen LogP contribution < -0.4 is 0 Å². The Morgan fingerprint density at radius 3 is 2.56 bits per heavy atom. The van der Waals surface area contributed by atoms with Crippen LogP contribution in [0, 0.1) is 0 Å². The summed E-state index contributed by atoms with van der Waals surface area (Å²) in [6.07, 6.45) is -1.07. The molecular formula is C9H17N3O4. The Labute approximate surface area is 94.1 Å². The highest BCUT2D eigenvalue weighted by Crippen LogP contribution is 2.11. The van der Waals surface area contributed by atoms with Crippen LogP contribution in [0.2, 0.25) is 0 Å². The summed E-state index contributed by atoms with van der Waals surface area (Å²) in [5.41, 5.74) is 0. The lowest BCUT2D eigenvalue weighted by Gasteiger charge is -2.38. The smallest absolute Gasteiger partial charge is 0.408 e. The summed E-state index contributed by atoms with van der Waals surface area (Å²) in [5.74, 6) is -0.351. The van der Waals surface area contributed by atoms with Crippen LogP contribution in [0.15, 0.2) is 0 Å². The van der Waals surface area contributed by atoms with Gasteiger partial charge in [0, 0.05) is 26.7 Å². The Kier molecular flexibility index (Phi) is 4.08. The van der Waals surface area contributed by atoms with Gasteiger partial charge >= 0.3 is 6.09 Å². The minimum atomic E-state index is -1.07. The van der Waals surface area contributed by atoms with Crippen LogP contribution in [-0.4, -0.2) is 78.9 Å². The first-order valence-electron chi connectivity index (χ1n) is 4.97. The SMILES string of the molecule is CON(C)C(=O)C1CN(C)CCN1C(=O)O. The normalized spacial score (nSPS) is 21.9. The van der Waals surface area contributed by atoms with Crippen LogP contribution >= 0.6 is 0 Å². The summed E-state index contributed by atoms with van der Waals surface area (Å²) in [4.78, 5) is 30.7. The van der Waals surface area contributed by atoms with Crippen molar-refractivity contribution in [2.45, 2.75) is 6.04 Å². The highest BCUT2D eigenvalue weighted by molar-refractivity contribution is 5.85. The fraction of sp³-hybridized carbons (Fsp3) is 0.778. The molecule has 1 unspecified atom stereocenters. The third-order valence-electron chi connectivity index (χ3n) is 2.70. The maximum absolute atomic E-state index is 11.9. The second-order valence-electron chi connectivity index (χ2n) is 3.77. The summed E-state index contributed by atoms with van der Waals surface area (Å²) in [6, 6.07) is -0.693. The largest absolute Gasteiger partial charge is 0.465 e. The first-order chi connectivity index (χ1) is 7.47. The van der Waals surface area contributed by atoms with Crippen LogP contribution in [0.3, 0.4) is 0 Å². The van der Waals surface area contributed by atoms with Gasteiger partial charge in [-0.1, -0.05) is 0 Å². The van der Waals surface area contributed by atoms with Crippen molar-refractivity contribution in [2.75, 3.05) is 40.8 Å². The molecule has 7 heteroatoms. The molecule has 2 amide bonds. The number of carboxylic acid groups (broad SMARTS) is 1. The molecular weight excluding hydrogens is 214 g/mol. The van der Waals surface area contributed by atoms with E-state index in [1.807, 2.05) is 11.9 Å². The van der Waals surface area contributed by atoms with Crippen LogP contribution in [0.1, 0.15) is 0 Å². The Bertz CT molecular complexity index is 284. The third kappa shape index (κ3) is 2.61. The van der Waals surface area contributed by atoms with Crippen molar-refractivity contribution in [1.29, 1.82) is 0 Å². The maximum Gasteiger partial charge on any atom is 0.408 e. The van der Waals surface area contributed by atoms with Crippen molar-refractivity contribution in [3.05, 3.63) is 0 Å². The van der Waals surface area contributed by atoms with Gasteiger partial charge in [0.15, 0.2) is 0 Å². The molecule has 7 nitrogen and oxygen atoms in total. The molecule has 0 aromatic heterocycles. The van der Waals surface area contributed by atoms with Gasteiger partial charge in [-0.15, -0.1) is 0 Å². The van der Waals surface area contributed by atoms with E-state index in [0.717, 1.165) is 9.96 Å². The zero-order valence-electron chi connectivity index (χ0n) is 9.71. The molecule has 1 aliphatic heterocycles. The quantitative estimate of drug-likeness (QED) is 0.636. The molecule has 0 spiro atoms. The monoisotopic (exact) mass is 231 g/mol. The minimum Gasteiger partial charge on any atom is -0.465 e. The summed E-state index contributed by atoms with van der Waals surface area (Å²) >= 11 is 0. The molecule has 0 radical (unpaired) electrons. The number of carbonyl (C=O) groups excluding carboxylic acids is 1. The lowest BCUT2D eigenvalue weighted by atomic mass is 10.1. The number of likely N-dealkylation sites (N-methyl/N-ethyl adjacent to an activating group) is 2. The Morgan fingerprint density at radius 1 is 1.44 bits per heavy atom. The first-order valence-corrected chi connectivity index (χ1v) is 4.97. The first kappa shape index (κ1) is 12.7. The molecule has 1 saturated heterocycles. The number of hydrogen-bond donors (Lipinski definition) is 1. The molecule has 0 saturated carbocycles. The van der Waals surface area contributed by atoms with Crippen molar-refractivity contribution >= 4 is 12.0 Å². The van der Waals surface area contributed by atoms with Crippen LogP contribution in [-0.2, 0) is 9.63 Å². The predicted octanol–water partition coefficient (Wildman–Crippen LogP) is -0.700. The summed E-state index contributed by atoms with van der Waals surface area (Å²) in [5, 5.41) is 10.0. The molecule has 0 aliphatic carbocycles. The number of hydroxylamine groups is 2. The molecule has 92 valence electrons. The van der Waals surface area contributed by atoms with E-state index in [1.54, 1.807) is 0 Å². The predicted molar refractivity (Wildman–Crippen MR) is 55.8 cm³/mol. The topological polar surface area (TPSA) is 73.3 Å².